The highest BCUT2D eigenvalue weighted by Crippen LogP contribution is 2.09. The summed E-state index contributed by atoms with van der Waals surface area (Å²) in [5.41, 5.74) is 1.69. The second-order valence-electron chi connectivity index (χ2n) is 10.9. The van der Waals surface area contributed by atoms with Crippen molar-refractivity contribution in [3.05, 3.63) is 71.8 Å². The SMILES string of the molecule is CC(CC(C)NC(=O)[C@@H](NC(=O)OCc1ccccc1)C(C)C)NC(=O)[C@@H](NC(=O)OCc1ccccc1)C(C)C. The molecular formula is C31H44N4O6. The molecule has 2 unspecified atom stereocenters. The summed E-state index contributed by atoms with van der Waals surface area (Å²) in [7, 11) is 0. The van der Waals surface area contributed by atoms with E-state index in [0.29, 0.717) is 6.42 Å². The predicted octanol–water partition coefficient (Wildman–Crippen LogP) is 4.29. The van der Waals surface area contributed by atoms with Gasteiger partial charge < -0.3 is 30.7 Å². The maximum absolute atomic E-state index is 13.0. The van der Waals surface area contributed by atoms with Crippen LogP contribution in [-0.2, 0) is 32.3 Å². The van der Waals surface area contributed by atoms with Gasteiger partial charge in [-0.15, -0.1) is 0 Å². The minimum absolute atomic E-state index is 0.101. The average molecular weight is 569 g/mol. The van der Waals surface area contributed by atoms with E-state index in [-0.39, 0.29) is 48.9 Å². The maximum Gasteiger partial charge on any atom is 0.408 e. The van der Waals surface area contributed by atoms with Gasteiger partial charge in [0.25, 0.3) is 0 Å². The summed E-state index contributed by atoms with van der Waals surface area (Å²) in [6.07, 6.45) is -0.916. The quantitative estimate of drug-likeness (QED) is 0.269. The van der Waals surface area contributed by atoms with Gasteiger partial charge in [-0.1, -0.05) is 88.4 Å². The van der Waals surface area contributed by atoms with Gasteiger partial charge in [-0.2, -0.15) is 0 Å². The number of nitrogens with one attached hydrogen (secondary N) is 4. The maximum atomic E-state index is 13.0. The van der Waals surface area contributed by atoms with E-state index in [2.05, 4.69) is 21.3 Å². The Morgan fingerprint density at radius 1 is 0.561 bits per heavy atom. The second kappa shape index (κ2) is 16.9. The van der Waals surface area contributed by atoms with Crippen molar-refractivity contribution in [3.8, 4) is 0 Å². The van der Waals surface area contributed by atoms with Crippen LogP contribution in [0.1, 0.15) is 59.1 Å². The number of carbonyl (C=O) groups is 4. The molecule has 0 heterocycles. The van der Waals surface area contributed by atoms with Gasteiger partial charge >= 0.3 is 12.2 Å². The molecule has 0 aliphatic carbocycles. The summed E-state index contributed by atoms with van der Waals surface area (Å²) >= 11 is 0. The molecule has 0 saturated heterocycles. The zero-order valence-corrected chi connectivity index (χ0v) is 24.8. The van der Waals surface area contributed by atoms with E-state index in [1.54, 1.807) is 0 Å². The van der Waals surface area contributed by atoms with Crippen LogP contribution < -0.4 is 21.3 Å². The van der Waals surface area contributed by atoms with Gasteiger partial charge in [-0.05, 0) is 43.2 Å². The Bertz CT molecular complexity index is 1020. The number of amides is 4. The molecule has 0 radical (unpaired) electrons. The van der Waals surface area contributed by atoms with E-state index in [9.17, 15) is 19.2 Å². The van der Waals surface area contributed by atoms with Crippen LogP contribution in [0.3, 0.4) is 0 Å². The molecule has 224 valence electrons. The minimum Gasteiger partial charge on any atom is -0.445 e. The van der Waals surface area contributed by atoms with Crippen LogP contribution in [0.15, 0.2) is 60.7 Å². The van der Waals surface area contributed by atoms with Crippen molar-refractivity contribution < 1.29 is 28.7 Å². The van der Waals surface area contributed by atoms with Crippen molar-refractivity contribution in [2.45, 2.75) is 85.3 Å². The van der Waals surface area contributed by atoms with Gasteiger partial charge in [0.15, 0.2) is 0 Å². The lowest BCUT2D eigenvalue weighted by Crippen LogP contribution is -2.54. The van der Waals surface area contributed by atoms with E-state index in [1.807, 2.05) is 102 Å². The molecule has 0 saturated carbocycles. The van der Waals surface area contributed by atoms with Crippen LogP contribution in [-0.4, -0.2) is 48.2 Å². The van der Waals surface area contributed by atoms with Gasteiger partial charge in [0.1, 0.15) is 25.3 Å². The van der Waals surface area contributed by atoms with Crippen LogP contribution >= 0.6 is 0 Å². The van der Waals surface area contributed by atoms with Crippen LogP contribution in [0, 0.1) is 11.8 Å². The molecule has 2 aromatic rings. The largest absolute Gasteiger partial charge is 0.445 e. The molecule has 2 aromatic carbocycles. The van der Waals surface area contributed by atoms with E-state index in [0.717, 1.165) is 11.1 Å². The molecule has 2 rings (SSSR count). The molecule has 0 aliphatic rings. The zero-order valence-electron chi connectivity index (χ0n) is 24.8. The fourth-order valence-corrected chi connectivity index (χ4v) is 4.17. The Morgan fingerprint density at radius 3 is 1.22 bits per heavy atom. The lowest BCUT2D eigenvalue weighted by molar-refractivity contribution is -0.124. The number of ether oxygens (including phenoxy) is 2. The number of hydrogen-bond donors (Lipinski definition) is 4. The van der Waals surface area contributed by atoms with E-state index >= 15 is 0 Å². The summed E-state index contributed by atoms with van der Waals surface area (Å²) in [6, 6.07) is 16.4. The summed E-state index contributed by atoms with van der Waals surface area (Å²) in [6.45, 7) is 11.2. The van der Waals surface area contributed by atoms with E-state index in [1.165, 1.54) is 0 Å². The van der Waals surface area contributed by atoms with Gasteiger partial charge in [-0.3, -0.25) is 9.59 Å². The van der Waals surface area contributed by atoms with Crippen LogP contribution in [0.25, 0.3) is 0 Å². The molecule has 4 amide bonds. The Morgan fingerprint density at radius 2 is 0.902 bits per heavy atom. The highest BCUT2D eigenvalue weighted by molar-refractivity contribution is 5.87. The Labute approximate surface area is 242 Å². The molecule has 0 aromatic heterocycles. The zero-order chi connectivity index (χ0) is 30.4. The smallest absolute Gasteiger partial charge is 0.408 e. The molecule has 0 spiro atoms. The van der Waals surface area contributed by atoms with Crippen molar-refractivity contribution in [1.82, 2.24) is 21.3 Å². The molecule has 0 aliphatic heterocycles. The highest BCUT2D eigenvalue weighted by Gasteiger charge is 2.28. The first-order valence-electron chi connectivity index (χ1n) is 14.0. The third-order valence-electron chi connectivity index (χ3n) is 6.35. The lowest BCUT2D eigenvalue weighted by Gasteiger charge is -2.27. The van der Waals surface area contributed by atoms with Gasteiger partial charge in [0, 0.05) is 12.1 Å². The first-order valence-corrected chi connectivity index (χ1v) is 14.0. The lowest BCUT2D eigenvalue weighted by atomic mass is 10.0. The molecular weight excluding hydrogens is 524 g/mol. The number of carbonyl (C=O) groups excluding carboxylic acids is 4. The summed E-state index contributed by atoms with van der Waals surface area (Å²) in [5, 5.41) is 11.1. The Hall–Kier alpha value is -4.08. The van der Waals surface area contributed by atoms with E-state index < -0.39 is 24.3 Å². The summed E-state index contributed by atoms with van der Waals surface area (Å²) in [4.78, 5) is 50.6. The molecule has 10 heteroatoms. The molecule has 4 N–H and O–H groups in total. The first-order chi connectivity index (χ1) is 19.5. The number of hydrogen-bond acceptors (Lipinski definition) is 6. The third kappa shape index (κ3) is 12.3. The molecule has 0 fully saturated rings. The highest BCUT2D eigenvalue weighted by atomic mass is 16.6. The third-order valence-corrected chi connectivity index (χ3v) is 6.35. The van der Waals surface area contributed by atoms with Crippen molar-refractivity contribution in [1.29, 1.82) is 0 Å². The van der Waals surface area contributed by atoms with Crippen molar-refractivity contribution in [2.24, 2.45) is 11.8 Å². The number of alkyl carbamates (subject to hydrolysis) is 2. The standard InChI is InChI=1S/C31H44N4O6/c1-20(2)26(34-30(38)40-18-24-13-9-7-10-14-24)28(36)32-22(5)17-23(6)33-29(37)27(21(3)4)35-31(39)41-19-25-15-11-8-12-16-25/h7-16,20-23,26-27H,17-19H2,1-6H3,(H,32,36)(H,33,37)(H,34,38)(H,35,39)/t22?,23?,26-,27-/m0/s1. The van der Waals surface area contributed by atoms with Crippen LogP contribution in [0.5, 0.6) is 0 Å². The Balaban J connectivity index is 1.82. The fourth-order valence-electron chi connectivity index (χ4n) is 4.17. The number of rotatable bonds is 14. The summed E-state index contributed by atoms with van der Waals surface area (Å²) in [5.74, 6) is -1.04. The van der Waals surface area contributed by atoms with Crippen LogP contribution in [0.2, 0.25) is 0 Å². The topological polar surface area (TPSA) is 135 Å². The molecule has 4 atom stereocenters. The van der Waals surface area contributed by atoms with Gasteiger partial charge in [-0.25, -0.2) is 9.59 Å². The van der Waals surface area contributed by atoms with Crippen molar-refractivity contribution in [3.63, 3.8) is 0 Å². The van der Waals surface area contributed by atoms with Crippen LogP contribution in [0.4, 0.5) is 9.59 Å². The summed E-state index contributed by atoms with van der Waals surface area (Å²) < 4.78 is 10.5. The monoisotopic (exact) mass is 568 g/mol. The Kier molecular flexibility index (Phi) is 13.6. The molecule has 41 heavy (non-hydrogen) atoms. The fraction of sp³-hybridized carbons (Fsp3) is 0.484. The van der Waals surface area contributed by atoms with Crippen molar-refractivity contribution >= 4 is 24.0 Å². The minimum atomic E-state index is -0.790. The molecule has 10 nitrogen and oxygen atoms in total. The van der Waals surface area contributed by atoms with Gasteiger partial charge in [0.05, 0.1) is 0 Å². The molecule has 0 bridgehead atoms. The van der Waals surface area contributed by atoms with Crippen molar-refractivity contribution in [2.75, 3.05) is 0 Å². The average Bonchev–Trinajstić information content (AvgIpc) is 2.92. The van der Waals surface area contributed by atoms with Gasteiger partial charge in [0.2, 0.25) is 11.8 Å². The van der Waals surface area contributed by atoms with E-state index in [4.69, 9.17) is 9.47 Å². The first kappa shape index (κ1) is 33.1. The number of benzene rings is 2. The predicted molar refractivity (Wildman–Crippen MR) is 157 cm³/mol. The second-order valence-corrected chi connectivity index (χ2v) is 10.9. The normalized spacial score (nSPS) is 13.9.